The summed E-state index contributed by atoms with van der Waals surface area (Å²) in [5, 5.41) is 0.231. The van der Waals surface area contributed by atoms with Crippen molar-refractivity contribution in [2.45, 2.75) is 39.3 Å². The molecule has 0 unspecified atom stereocenters. The van der Waals surface area contributed by atoms with Crippen molar-refractivity contribution in [3.63, 3.8) is 0 Å². The molecular formula is C14H21ClN4O2. The summed E-state index contributed by atoms with van der Waals surface area (Å²) >= 11 is 5.82. The normalized spacial score (nSPS) is 19.6. The minimum Gasteiger partial charge on any atom is -0.444 e. The van der Waals surface area contributed by atoms with E-state index in [2.05, 4.69) is 14.9 Å². The van der Waals surface area contributed by atoms with Gasteiger partial charge in [0.05, 0.1) is 0 Å². The van der Waals surface area contributed by atoms with Gasteiger partial charge in [0.15, 0.2) is 0 Å². The predicted octanol–water partition coefficient (Wildman–Crippen LogP) is 2.58. The molecular weight excluding hydrogens is 292 g/mol. The van der Waals surface area contributed by atoms with Crippen molar-refractivity contribution < 1.29 is 9.53 Å². The summed E-state index contributed by atoms with van der Waals surface area (Å²) in [5.74, 6) is 0.783. The highest BCUT2D eigenvalue weighted by Crippen LogP contribution is 2.20. The topological polar surface area (TPSA) is 58.6 Å². The number of piperazine rings is 1. The van der Waals surface area contributed by atoms with Crippen molar-refractivity contribution in [3.05, 3.63) is 17.5 Å². The lowest BCUT2D eigenvalue weighted by molar-refractivity contribution is 0.0158. The number of ether oxygens (including phenoxy) is 1. The Kier molecular flexibility index (Phi) is 4.56. The van der Waals surface area contributed by atoms with Crippen LogP contribution >= 0.6 is 11.6 Å². The first-order valence-electron chi connectivity index (χ1n) is 6.99. The third kappa shape index (κ3) is 4.20. The molecule has 21 heavy (non-hydrogen) atoms. The first-order chi connectivity index (χ1) is 9.76. The van der Waals surface area contributed by atoms with Gasteiger partial charge in [-0.2, -0.15) is 0 Å². The summed E-state index contributed by atoms with van der Waals surface area (Å²) in [5.41, 5.74) is -0.478. The standard InChI is InChI=1S/C14H21ClN4O2/c1-10-9-18(11-5-6-16-12(15)17-11)7-8-19(10)13(20)21-14(2,3)4/h5-6,10H,7-9H2,1-4H3/t10-/m1/s1. The Hall–Kier alpha value is -1.56. The summed E-state index contributed by atoms with van der Waals surface area (Å²) in [6.07, 6.45) is 1.37. The Bertz CT molecular complexity index is 518. The highest BCUT2D eigenvalue weighted by molar-refractivity contribution is 6.28. The molecule has 0 aromatic carbocycles. The summed E-state index contributed by atoms with van der Waals surface area (Å²) in [6, 6.07) is 1.87. The average molecular weight is 313 g/mol. The van der Waals surface area contributed by atoms with Gasteiger partial charge in [0.1, 0.15) is 11.4 Å². The van der Waals surface area contributed by atoms with E-state index in [0.717, 1.165) is 5.82 Å². The molecule has 1 aromatic rings. The van der Waals surface area contributed by atoms with Gasteiger partial charge < -0.3 is 14.5 Å². The summed E-state index contributed by atoms with van der Waals surface area (Å²) in [7, 11) is 0. The zero-order valence-electron chi connectivity index (χ0n) is 12.8. The van der Waals surface area contributed by atoms with Gasteiger partial charge in [-0.1, -0.05) is 0 Å². The average Bonchev–Trinajstić information content (AvgIpc) is 2.36. The number of aromatic nitrogens is 2. The monoisotopic (exact) mass is 312 g/mol. The van der Waals surface area contributed by atoms with Crippen LogP contribution in [-0.4, -0.2) is 52.2 Å². The molecule has 0 radical (unpaired) electrons. The number of carbonyl (C=O) groups is 1. The number of halogens is 1. The smallest absolute Gasteiger partial charge is 0.410 e. The minimum absolute atomic E-state index is 0.0438. The molecule has 6 nitrogen and oxygen atoms in total. The van der Waals surface area contributed by atoms with Gasteiger partial charge >= 0.3 is 6.09 Å². The Labute approximate surface area is 130 Å². The lowest BCUT2D eigenvalue weighted by Gasteiger charge is -2.40. The molecule has 1 atom stereocenters. The van der Waals surface area contributed by atoms with Crippen LogP contribution in [0.1, 0.15) is 27.7 Å². The van der Waals surface area contributed by atoms with E-state index in [0.29, 0.717) is 19.6 Å². The van der Waals surface area contributed by atoms with Gasteiger partial charge in [-0.15, -0.1) is 0 Å². The number of hydrogen-bond donors (Lipinski definition) is 0. The third-order valence-corrected chi connectivity index (χ3v) is 3.37. The van der Waals surface area contributed by atoms with Crippen LogP contribution in [0.2, 0.25) is 5.28 Å². The highest BCUT2D eigenvalue weighted by atomic mass is 35.5. The van der Waals surface area contributed by atoms with Crippen LogP contribution in [0.5, 0.6) is 0 Å². The number of hydrogen-bond acceptors (Lipinski definition) is 5. The van der Waals surface area contributed by atoms with E-state index in [1.54, 1.807) is 11.1 Å². The van der Waals surface area contributed by atoms with Gasteiger partial charge in [0, 0.05) is 31.9 Å². The van der Waals surface area contributed by atoms with Crippen molar-refractivity contribution in [2.24, 2.45) is 0 Å². The second kappa shape index (κ2) is 6.05. The zero-order valence-corrected chi connectivity index (χ0v) is 13.6. The molecule has 1 saturated heterocycles. The molecule has 116 valence electrons. The van der Waals surface area contributed by atoms with Crippen LogP contribution in [0.4, 0.5) is 10.6 Å². The lowest BCUT2D eigenvalue weighted by atomic mass is 10.2. The van der Waals surface area contributed by atoms with Crippen LogP contribution in [0.3, 0.4) is 0 Å². The SMILES string of the molecule is C[C@@H]1CN(c2ccnc(Cl)n2)CCN1C(=O)OC(C)(C)C. The molecule has 1 aliphatic heterocycles. The largest absolute Gasteiger partial charge is 0.444 e. The summed E-state index contributed by atoms with van der Waals surface area (Å²) in [6.45, 7) is 9.58. The van der Waals surface area contributed by atoms with E-state index >= 15 is 0 Å². The molecule has 1 aromatic heterocycles. The zero-order chi connectivity index (χ0) is 15.6. The van der Waals surface area contributed by atoms with Crippen LogP contribution in [0.15, 0.2) is 12.3 Å². The van der Waals surface area contributed by atoms with Gasteiger partial charge in [-0.3, -0.25) is 0 Å². The molecule has 0 spiro atoms. The second-order valence-corrected chi connectivity index (χ2v) is 6.49. The minimum atomic E-state index is -0.478. The van der Waals surface area contributed by atoms with Crippen LogP contribution < -0.4 is 4.90 Å². The lowest BCUT2D eigenvalue weighted by Crippen LogP contribution is -2.55. The van der Waals surface area contributed by atoms with E-state index in [9.17, 15) is 4.79 Å². The van der Waals surface area contributed by atoms with Crippen LogP contribution in [0, 0.1) is 0 Å². The quantitative estimate of drug-likeness (QED) is 0.746. The van der Waals surface area contributed by atoms with Gasteiger partial charge in [0.25, 0.3) is 0 Å². The Morgan fingerprint density at radius 1 is 1.43 bits per heavy atom. The van der Waals surface area contributed by atoms with Gasteiger partial charge in [-0.05, 0) is 45.4 Å². The number of amides is 1. The summed E-state index contributed by atoms with van der Waals surface area (Å²) in [4.78, 5) is 24.1. The number of anilines is 1. The van der Waals surface area contributed by atoms with Gasteiger partial charge in [-0.25, -0.2) is 14.8 Å². The van der Waals surface area contributed by atoms with Crippen LogP contribution in [0.25, 0.3) is 0 Å². The van der Waals surface area contributed by atoms with Crippen molar-refractivity contribution in [3.8, 4) is 0 Å². The molecule has 0 N–H and O–H groups in total. The van der Waals surface area contributed by atoms with E-state index in [-0.39, 0.29) is 17.4 Å². The molecule has 0 saturated carbocycles. The highest BCUT2D eigenvalue weighted by Gasteiger charge is 2.31. The Balaban J connectivity index is 2.01. The number of carbonyl (C=O) groups excluding carboxylic acids is 1. The molecule has 7 heteroatoms. The van der Waals surface area contributed by atoms with Crippen molar-refractivity contribution in [2.75, 3.05) is 24.5 Å². The number of nitrogens with zero attached hydrogens (tertiary/aromatic N) is 4. The van der Waals surface area contributed by atoms with Crippen molar-refractivity contribution in [1.82, 2.24) is 14.9 Å². The third-order valence-electron chi connectivity index (χ3n) is 3.19. The van der Waals surface area contributed by atoms with Crippen molar-refractivity contribution >= 4 is 23.5 Å². The van der Waals surface area contributed by atoms with Crippen LogP contribution in [-0.2, 0) is 4.74 Å². The molecule has 1 amide bonds. The second-order valence-electron chi connectivity index (χ2n) is 6.15. The number of rotatable bonds is 1. The van der Waals surface area contributed by atoms with E-state index in [4.69, 9.17) is 16.3 Å². The maximum Gasteiger partial charge on any atom is 0.410 e. The Morgan fingerprint density at radius 2 is 2.14 bits per heavy atom. The van der Waals surface area contributed by atoms with Crippen molar-refractivity contribution in [1.29, 1.82) is 0 Å². The first kappa shape index (κ1) is 15.8. The molecule has 1 fully saturated rings. The predicted molar refractivity (Wildman–Crippen MR) is 81.7 cm³/mol. The van der Waals surface area contributed by atoms with E-state index < -0.39 is 5.60 Å². The van der Waals surface area contributed by atoms with E-state index in [1.807, 2.05) is 33.8 Å². The Morgan fingerprint density at radius 3 is 2.71 bits per heavy atom. The fourth-order valence-corrected chi connectivity index (χ4v) is 2.40. The maximum absolute atomic E-state index is 12.2. The van der Waals surface area contributed by atoms with E-state index in [1.165, 1.54) is 0 Å². The molecule has 2 rings (SSSR count). The fourth-order valence-electron chi connectivity index (χ4n) is 2.26. The fraction of sp³-hybridized carbons (Fsp3) is 0.643. The molecule has 1 aliphatic rings. The maximum atomic E-state index is 12.2. The molecule has 0 bridgehead atoms. The van der Waals surface area contributed by atoms with Gasteiger partial charge in [0.2, 0.25) is 5.28 Å². The first-order valence-corrected chi connectivity index (χ1v) is 7.37. The molecule has 2 heterocycles. The molecule has 0 aliphatic carbocycles. The summed E-state index contributed by atoms with van der Waals surface area (Å²) < 4.78 is 5.43.